The van der Waals surface area contributed by atoms with Gasteiger partial charge in [-0.3, -0.25) is 9.78 Å². The van der Waals surface area contributed by atoms with E-state index in [-0.39, 0.29) is 18.1 Å². The minimum Gasteiger partial charge on any atom is -0.463 e. The van der Waals surface area contributed by atoms with Gasteiger partial charge in [0, 0.05) is 24.4 Å². The summed E-state index contributed by atoms with van der Waals surface area (Å²) in [5, 5.41) is 3.97. The Bertz CT molecular complexity index is 888. The molecule has 2 atom stereocenters. The van der Waals surface area contributed by atoms with Gasteiger partial charge in [0.1, 0.15) is 18.0 Å². The number of carbonyl (C=O) groups excluding carboxylic acids is 1. The molecule has 0 aliphatic carbocycles. The monoisotopic (exact) mass is 336 g/mol. The van der Waals surface area contributed by atoms with Crippen LogP contribution in [0.3, 0.4) is 0 Å². The molecule has 5 nitrogen and oxygen atoms in total. The number of rotatable bonds is 4. The van der Waals surface area contributed by atoms with Gasteiger partial charge in [0.25, 0.3) is 5.91 Å². The number of benzene rings is 1. The number of aromatic nitrogens is 1. The van der Waals surface area contributed by atoms with Crippen LogP contribution >= 0.6 is 0 Å². The standard InChI is InChI=1S/C20H20N2O3/c1-2-13-3-4-18-15(11-13)16(12-25-18)20(23)22-17-7-10-24-19(17)14-5-8-21-9-6-14/h3-6,8-9,11-12,17,19H,2,7,10H2,1H3,(H,22,23)/t17-,19+/m0/s1. The third-order valence-corrected chi connectivity index (χ3v) is 4.73. The third kappa shape index (κ3) is 3.03. The van der Waals surface area contributed by atoms with E-state index in [0.717, 1.165) is 29.4 Å². The quantitative estimate of drug-likeness (QED) is 0.790. The molecule has 0 unspecified atom stereocenters. The molecule has 1 aromatic carbocycles. The normalized spacial score (nSPS) is 20.0. The summed E-state index contributed by atoms with van der Waals surface area (Å²) >= 11 is 0. The van der Waals surface area contributed by atoms with E-state index in [1.54, 1.807) is 12.4 Å². The summed E-state index contributed by atoms with van der Waals surface area (Å²) in [5.41, 5.74) is 3.52. The van der Waals surface area contributed by atoms with Crippen molar-refractivity contribution in [3.63, 3.8) is 0 Å². The molecule has 128 valence electrons. The molecule has 25 heavy (non-hydrogen) atoms. The summed E-state index contributed by atoms with van der Waals surface area (Å²) in [7, 11) is 0. The molecule has 5 heteroatoms. The van der Waals surface area contributed by atoms with Crippen LogP contribution in [0.2, 0.25) is 0 Å². The molecule has 4 rings (SSSR count). The number of nitrogens with zero attached hydrogens (tertiary/aromatic N) is 1. The summed E-state index contributed by atoms with van der Waals surface area (Å²) in [4.78, 5) is 16.9. The molecule has 1 N–H and O–H groups in total. The van der Waals surface area contributed by atoms with Crippen LogP contribution in [0.5, 0.6) is 0 Å². The molecule has 1 fully saturated rings. The summed E-state index contributed by atoms with van der Waals surface area (Å²) in [5.74, 6) is -0.124. The predicted octanol–water partition coefficient (Wildman–Crippen LogP) is 3.65. The van der Waals surface area contributed by atoms with Crippen molar-refractivity contribution in [2.75, 3.05) is 6.61 Å². The lowest BCUT2D eigenvalue weighted by Gasteiger charge is -2.19. The Morgan fingerprint density at radius 2 is 2.12 bits per heavy atom. The van der Waals surface area contributed by atoms with E-state index < -0.39 is 0 Å². The fourth-order valence-corrected chi connectivity index (χ4v) is 3.34. The number of fused-ring (bicyclic) bond motifs is 1. The first-order chi connectivity index (χ1) is 12.3. The minimum atomic E-state index is -0.142. The number of nitrogens with one attached hydrogen (secondary N) is 1. The average Bonchev–Trinajstić information content (AvgIpc) is 3.28. The first-order valence-corrected chi connectivity index (χ1v) is 8.59. The smallest absolute Gasteiger partial charge is 0.255 e. The molecule has 2 aromatic heterocycles. The van der Waals surface area contributed by atoms with Crippen molar-refractivity contribution in [3.05, 3.63) is 65.7 Å². The van der Waals surface area contributed by atoms with E-state index in [1.807, 2.05) is 30.3 Å². The van der Waals surface area contributed by atoms with Crippen molar-refractivity contribution >= 4 is 16.9 Å². The molecule has 0 spiro atoms. The van der Waals surface area contributed by atoms with Crippen molar-refractivity contribution in [1.29, 1.82) is 0 Å². The van der Waals surface area contributed by atoms with E-state index in [9.17, 15) is 4.79 Å². The maximum atomic E-state index is 12.8. The van der Waals surface area contributed by atoms with Gasteiger partial charge in [-0.1, -0.05) is 13.0 Å². The van der Waals surface area contributed by atoms with Crippen molar-refractivity contribution in [1.82, 2.24) is 10.3 Å². The Morgan fingerprint density at radius 1 is 1.28 bits per heavy atom. The van der Waals surface area contributed by atoms with E-state index in [0.29, 0.717) is 12.2 Å². The highest BCUT2D eigenvalue weighted by Crippen LogP contribution is 2.30. The summed E-state index contributed by atoms with van der Waals surface area (Å²) < 4.78 is 11.4. The summed E-state index contributed by atoms with van der Waals surface area (Å²) in [6, 6.07) is 9.76. The highest BCUT2D eigenvalue weighted by atomic mass is 16.5. The van der Waals surface area contributed by atoms with Crippen LogP contribution in [-0.2, 0) is 11.2 Å². The predicted molar refractivity (Wildman–Crippen MR) is 94.4 cm³/mol. The zero-order valence-corrected chi connectivity index (χ0v) is 14.1. The van der Waals surface area contributed by atoms with Crippen LogP contribution in [0.15, 0.2) is 53.4 Å². The molecule has 3 aromatic rings. The molecule has 1 aliphatic rings. The lowest BCUT2D eigenvalue weighted by atomic mass is 10.0. The molecule has 0 radical (unpaired) electrons. The Kier molecular flexibility index (Phi) is 4.24. The molecular formula is C20H20N2O3. The Hall–Kier alpha value is -2.66. The second-order valence-electron chi connectivity index (χ2n) is 6.27. The minimum absolute atomic E-state index is 0.0609. The van der Waals surface area contributed by atoms with E-state index in [1.165, 1.54) is 11.8 Å². The Morgan fingerprint density at radius 3 is 2.92 bits per heavy atom. The van der Waals surface area contributed by atoms with E-state index in [2.05, 4.69) is 17.2 Å². The van der Waals surface area contributed by atoms with Crippen LogP contribution in [0.1, 0.15) is 40.9 Å². The van der Waals surface area contributed by atoms with Crippen molar-refractivity contribution < 1.29 is 13.9 Å². The van der Waals surface area contributed by atoms with Gasteiger partial charge in [0.2, 0.25) is 0 Å². The largest absolute Gasteiger partial charge is 0.463 e. The second kappa shape index (κ2) is 6.69. The topological polar surface area (TPSA) is 64.4 Å². The van der Waals surface area contributed by atoms with Crippen molar-refractivity contribution in [2.45, 2.75) is 31.9 Å². The number of ether oxygens (including phenoxy) is 1. The lowest BCUT2D eigenvalue weighted by Crippen LogP contribution is -2.36. The summed E-state index contributed by atoms with van der Waals surface area (Å²) in [6.07, 6.45) is 6.59. The molecule has 1 aliphatic heterocycles. The molecular weight excluding hydrogens is 316 g/mol. The number of pyridine rings is 1. The van der Waals surface area contributed by atoms with Crippen molar-refractivity contribution in [3.8, 4) is 0 Å². The van der Waals surface area contributed by atoms with Gasteiger partial charge in [-0.2, -0.15) is 0 Å². The second-order valence-corrected chi connectivity index (χ2v) is 6.27. The number of carbonyl (C=O) groups is 1. The molecule has 0 bridgehead atoms. The molecule has 0 saturated carbocycles. The maximum absolute atomic E-state index is 12.8. The molecule has 1 amide bonds. The maximum Gasteiger partial charge on any atom is 0.255 e. The summed E-state index contributed by atoms with van der Waals surface area (Å²) in [6.45, 7) is 2.72. The molecule has 1 saturated heterocycles. The van der Waals surface area contributed by atoms with E-state index in [4.69, 9.17) is 9.15 Å². The third-order valence-electron chi connectivity index (χ3n) is 4.73. The lowest BCUT2D eigenvalue weighted by molar-refractivity contribution is 0.0822. The number of hydrogen-bond donors (Lipinski definition) is 1. The first-order valence-electron chi connectivity index (χ1n) is 8.59. The van der Waals surface area contributed by atoms with Gasteiger partial charge >= 0.3 is 0 Å². The average molecular weight is 336 g/mol. The van der Waals surface area contributed by atoms with Crippen LogP contribution in [-0.4, -0.2) is 23.5 Å². The zero-order valence-electron chi connectivity index (χ0n) is 14.1. The number of amides is 1. The van der Waals surface area contributed by atoms with Gasteiger partial charge in [-0.05, 0) is 48.2 Å². The zero-order chi connectivity index (χ0) is 17.2. The van der Waals surface area contributed by atoms with Gasteiger partial charge < -0.3 is 14.5 Å². The van der Waals surface area contributed by atoms with Crippen LogP contribution in [0, 0.1) is 0 Å². The van der Waals surface area contributed by atoms with Gasteiger partial charge in [0.15, 0.2) is 0 Å². The highest BCUT2D eigenvalue weighted by molar-refractivity contribution is 6.06. The number of hydrogen-bond acceptors (Lipinski definition) is 4. The fourth-order valence-electron chi connectivity index (χ4n) is 3.34. The van der Waals surface area contributed by atoms with Gasteiger partial charge in [0.05, 0.1) is 11.6 Å². The van der Waals surface area contributed by atoms with Gasteiger partial charge in [-0.25, -0.2) is 0 Å². The fraction of sp³-hybridized carbons (Fsp3) is 0.300. The first kappa shape index (κ1) is 15.8. The van der Waals surface area contributed by atoms with Crippen LogP contribution < -0.4 is 5.32 Å². The van der Waals surface area contributed by atoms with Crippen LogP contribution in [0.4, 0.5) is 0 Å². The number of aryl methyl sites for hydroxylation is 1. The Labute approximate surface area is 146 Å². The SMILES string of the molecule is CCc1ccc2occ(C(=O)N[C@H]3CCO[C@@H]3c3ccncc3)c2c1. The molecule has 3 heterocycles. The van der Waals surface area contributed by atoms with E-state index >= 15 is 0 Å². The van der Waals surface area contributed by atoms with Gasteiger partial charge in [-0.15, -0.1) is 0 Å². The number of furan rings is 1. The Balaban J connectivity index is 1.57. The van der Waals surface area contributed by atoms with Crippen LogP contribution in [0.25, 0.3) is 11.0 Å². The highest BCUT2D eigenvalue weighted by Gasteiger charge is 2.31. The van der Waals surface area contributed by atoms with Crippen molar-refractivity contribution in [2.24, 2.45) is 0 Å².